The lowest BCUT2D eigenvalue weighted by molar-refractivity contribution is -0.149. The van der Waals surface area contributed by atoms with Crippen molar-refractivity contribution in [3.63, 3.8) is 0 Å². The average Bonchev–Trinajstić information content (AvgIpc) is 2.50. The fourth-order valence-electron chi connectivity index (χ4n) is 2.59. The molecule has 1 saturated heterocycles. The van der Waals surface area contributed by atoms with Crippen LogP contribution in [0, 0.1) is 23.1 Å². The number of nitrogens with zero attached hydrogens (tertiary/aromatic N) is 2. The van der Waals surface area contributed by atoms with Gasteiger partial charge in [-0.1, -0.05) is 0 Å². The number of ether oxygens (including phenoxy) is 1. The Hall–Kier alpha value is -1.93. The van der Waals surface area contributed by atoms with Crippen LogP contribution in [0.4, 0.5) is 4.39 Å². The number of carbonyl (C=O) groups excluding carboxylic acids is 1. The van der Waals surface area contributed by atoms with Crippen LogP contribution in [0.1, 0.15) is 30.9 Å². The molecule has 0 saturated carbocycles. The third-order valence-corrected chi connectivity index (χ3v) is 3.78. The maximum absolute atomic E-state index is 13.8. The van der Waals surface area contributed by atoms with Gasteiger partial charge in [-0.05, 0) is 51.1 Å². The monoisotopic (exact) mass is 290 g/mol. The average molecular weight is 290 g/mol. The molecule has 0 radical (unpaired) electrons. The van der Waals surface area contributed by atoms with Gasteiger partial charge in [0.15, 0.2) is 0 Å². The van der Waals surface area contributed by atoms with Gasteiger partial charge in [0.05, 0.1) is 24.2 Å². The number of carbonyl (C=O) groups is 1. The fourth-order valence-corrected chi connectivity index (χ4v) is 2.59. The number of hydrogen-bond donors (Lipinski definition) is 0. The van der Waals surface area contributed by atoms with Crippen molar-refractivity contribution in [1.29, 1.82) is 5.26 Å². The largest absolute Gasteiger partial charge is 0.466 e. The van der Waals surface area contributed by atoms with Crippen LogP contribution >= 0.6 is 0 Å². The Labute approximate surface area is 124 Å². The Morgan fingerprint density at radius 2 is 2.19 bits per heavy atom. The first-order valence-electron chi connectivity index (χ1n) is 7.21. The van der Waals surface area contributed by atoms with Crippen LogP contribution in [0.5, 0.6) is 0 Å². The summed E-state index contributed by atoms with van der Waals surface area (Å²) in [6.45, 7) is 4.15. The SMILES string of the molecule is CCOC(=O)C1CCN(Cc2cc(C#N)ccc2F)CC1. The standard InChI is InChI=1S/C16H19FN2O2/c1-2-21-16(20)13-5-7-19(8-6-13)11-14-9-12(10-18)3-4-15(14)17/h3-4,9,13H,2,5-8,11H2,1H3. The molecule has 1 aromatic rings. The molecule has 112 valence electrons. The third kappa shape index (κ3) is 4.02. The molecule has 1 aliphatic heterocycles. The van der Waals surface area contributed by atoms with Gasteiger partial charge in [0.1, 0.15) is 5.82 Å². The Morgan fingerprint density at radius 3 is 2.81 bits per heavy atom. The highest BCUT2D eigenvalue weighted by atomic mass is 19.1. The molecule has 0 spiro atoms. The van der Waals surface area contributed by atoms with E-state index < -0.39 is 0 Å². The normalized spacial score (nSPS) is 16.4. The van der Waals surface area contributed by atoms with Gasteiger partial charge in [-0.15, -0.1) is 0 Å². The number of esters is 1. The van der Waals surface area contributed by atoms with E-state index in [1.54, 1.807) is 13.0 Å². The number of likely N-dealkylation sites (tertiary alicyclic amines) is 1. The van der Waals surface area contributed by atoms with Crippen molar-refractivity contribution in [3.05, 3.63) is 35.1 Å². The first-order valence-corrected chi connectivity index (χ1v) is 7.21. The maximum atomic E-state index is 13.8. The van der Waals surface area contributed by atoms with Crippen LogP contribution in [-0.4, -0.2) is 30.6 Å². The van der Waals surface area contributed by atoms with E-state index in [1.807, 2.05) is 6.07 Å². The lowest BCUT2D eigenvalue weighted by Crippen LogP contribution is -2.36. The molecule has 4 nitrogen and oxygen atoms in total. The van der Waals surface area contributed by atoms with E-state index in [9.17, 15) is 9.18 Å². The molecule has 1 fully saturated rings. The molecule has 21 heavy (non-hydrogen) atoms. The minimum Gasteiger partial charge on any atom is -0.466 e. The molecule has 0 amide bonds. The van der Waals surface area contributed by atoms with Gasteiger partial charge in [0.25, 0.3) is 0 Å². The van der Waals surface area contributed by atoms with E-state index >= 15 is 0 Å². The molecule has 0 aliphatic carbocycles. The van der Waals surface area contributed by atoms with Gasteiger partial charge in [0, 0.05) is 12.1 Å². The summed E-state index contributed by atoms with van der Waals surface area (Å²) in [5.74, 6) is -0.465. The number of piperidine rings is 1. The quantitative estimate of drug-likeness (QED) is 0.799. The highest BCUT2D eigenvalue weighted by Gasteiger charge is 2.26. The Kier molecular flexibility index (Phi) is 5.29. The predicted octanol–water partition coefficient (Wildman–Crippen LogP) is 2.47. The predicted molar refractivity (Wildman–Crippen MR) is 75.7 cm³/mol. The van der Waals surface area contributed by atoms with E-state index in [0.717, 1.165) is 25.9 Å². The first-order chi connectivity index (χ1) is 10.1. The number of nitriles is 1. The topological polar surface area (TPSA) is 53.3 Å². The highest BCUT2D eigenvalue weighted by molar-refractivity contribution is 5.72. The van der Waals surface area contributed by atoms with Gasteiger partial charge < -0.3 is 4.74 Å². The van der Waals surface area contributed by atoms with Crippen LogP contribution in [0.25, 0.3) is 0 Å². The van der Waals surface area contributed by atoms with Crippen molar-refractivity contribution < 1.29 is 13.9 Å². The molecular weight excluding hydrogens is 271 g/mol. The molecule has 2 rings (SSSR count). The molecular formula is C16H19FN2O2. The summed E-state index contributed by atoms with van der Waals surface area (Å²) < 4.78 is 18.8. The lowest BCUT2D eigenvalue weighted by atomic mass is 9.96. The van der Waals surface area contributed by atoms with Gasteiger partial charge in [0.2, 0.25) is 0 Å². The van der Waals surface area contributed by atoms with E-state index in [0.29, 0.717) is 24.3 Å². The van der Waals surface area contributed by atoms with Crippen LogP contribution in [0.2, 0.25) is 0 Å². The number of halogens is 1. The van der Waals surface area contributed by atoms with Crippen molar-refractivity contribution in [3.8, 4) is 6.07 Å². The van der Waals surface area contributed by atoms with E-state index in [2.05, 4.69) is 4.90 Å². The summed E-state index contributed by atoms with van der Waals surface area (Å²) in [6.07, 6.45) is 1.47. The summed E-state index contributed by atoms with van der Waals surface area (Å²) in [5.41, 5.74) is 0.997. The van der Waals surface area contributed by atoms with Crippen molar-refractivity contribution in [2.45, 2.75) is 26.3 Å². The van der Waals surface area contributed by atoms with Crippen LogP contribution < -0.4 is 0 Å². The molecule has 0 atom stereocenters. The minimum absolute atomic E-state index is 0.0449. The van der Waals surface area contributed by atoms with Crippen molar-refractivity contribution >= 4 is 5.97 Å². The molecule has 0 N–H and O–H groups in total. The van der Waals surface area contributed by atoms with Crippen molar-refractivity contribution in [2.75, 3.05) is 19.7 Å². The number of benzene rings is 1. The Bertz CT molecular complexity index is 546. The highest BCUT2D eigenvalue weighted by Crippen LogP contribution is 2.21. The first kappa shape index (κ1) is 15.5. The van der Waals surface area contributed by atoms with Gasteiger partial charge >= 0.3 is 5.97 Å². The Morgan fingerprint density at radius 1 is 1.48 bits per heavy atom. The summed E-state index contributed by atoms with van der Waals surface area (Å²) >= 11 is 0. The van der Waals surface area contributed by atoms with Gasteiger partial charge in [-0.25, -0.2) is 4.39 Å². The zero-order valence-electron chi connectivity index (χ0n) is 12.1. The molecule has 1 aliphatic rings. The second kappa shape index (κ2) is 7.19. The van der Waals surface area contributed by atoms with Crippen molar-refractivity contribution in [2.24, 2.45) is 5.92 Å². The molecule has 0 unspecified atom stereocenters. The molecule has 0 bridgehead atoms. The van der Waals surface area contributed by atoms with Crippen LogP contribution in [-0.2, 0) is 16.1 Å². The second-order valence-corrected chi connectivity index (χ2v) is 5.22. The number of rotatable bonds is 4. The summed E-state index contributed by atoms with van der Waals surface area (Å²) in [7, 11) is 0. The van der Waals surface area contributed by atoms with Gasteiger partial charge in [-0.3, -0.25) is 9.69 Å². The van der Waals surface area contributed by atoms with Crippen molar-refractivity contribution in [1.82, 2.24) is 4.90 Å². The van der Waals surface area contributed by atoms with E-state index in [1.165, 1.54) is 12.1 Å². The minimum atomic E-state index is -0.290. The zero-order chi connectivity index (χ0) is 15.2. The van der Waals surface area contributed by atoms with Crippen LogP contribution in [0.3, 0.4) is 0 Å². The van der Waals surface area contributed by atoms with E-state index in [4.69, 9.17) is 10.00 Å². The summed E-state index contributed by atoms with van der Waals surface area (Å²) in [4.78, 5) is 13.8. The lowest BCUT2D eigenvalue weighted by Gasteiger charge is -2.30. The summed E-state index contributed by atoms with van der Waals surface area (Å²) in [5, 5.41) is 8.87. The fraction of sp³-hybridized carbons (Fsp3) is 0.500. The molecule has 1 aromatic carbocycles. The summed E-state index contributed by atoms with van der Waals surface area (Å²) in [6, 6.07) is 6.42. The molecule has 1 heterocycles. The Balaban J connectivity index is 1.92. The van der Waals surface area contributed by atoms with E-state index in [-0.39, 0.29) is 17.7 Å². The second-order valence-electron chi connectivity index (χ2n) is 5.22. The third-order valence-electron chi connectivity index (χ3n) is 3.78. The smallest absolute Gasteiger partial charge is 0.309 e. The molecule has 0 aromatic heterocycles. The zero-order valence-corrected chi connectivity index (χ0v) is 12.1. The molecule has 5 heteroatoms. The maximum Gasteiger partial charge on any atom is 0.309 e. The van der Waals surface area contributed by atoms with Crippen LogP contribution in [0.15, 0.2) is 18.2 Å². The van der Waals surface area contributed by atoms with Gasteiger partial charge in [-0.2, -0.15) is 5.26 Å². The number of hydrogen-bond acceptors (Lipinski definition) is 4.